The number of nitrogens with one attached hydrogen (secondary N) is 1. The molecule has 1 atom stereocenters. The molecule has 1 aliphatic heterocycles. The molecule has 76 valence electrons. The highest BCUT2D eigenvalue weighted by Gasteiger charge is 2.05. The summed E-state index contributed by atoms with van der Waals surface area (Å²) in [4.78, 5) is 0. The molecule has 0 aliphatic carbocycles. The standard InChI is InChI=1S/C10H19NO2/c1-9(4-5-12)11-7-10-3-2-6-13-8-10/h3,9,11-12H,2,4-8H2,1H3. The Morgan fingerprint density at radius 1 is 1.69 bits per heavy atom. The summed E-state index contributed by atoms with van der Waals surface area (Å²) in [5.41, 5.74) is 1.33. The second-order valence-corrected chi connectivity index (χ2v) is 3.50. The van der Waals surface area contributed by atoms with E-state index < -0.39 is 0 Å². The van der Waals surface area contributed by atoms with Crippen molar-refractivity contribution in [3.63, 3.8) is 0 Å². The maximum absolute atomic E-state index is 8.69. The van der Waals surface area contributed by atoms with Crippen LogP contribution in [0.4, 0.5) is 0 Å². The van der Waals surface area contributed by atoms with Gasteiger partial charge >= 0.3 is 0 Å². The third-order valence-corrected chi connectivity index (χ3v) is 2.22. The summed E-state index contributed by atoms with van der Waals surface area (Å²) in [7, 11) is 0. The van der Waals surface area contributed by atoms with Crippen LogP contribution < -0.4 is 5.32 Å². The third kappa shape index (κ3) is 4.41. The third-order valence-electron chi connectivity index (χ3n) is 2.22. The number of aliphatic hydroxyl groups is 1. The Labute approximate surface area is 79.8 Å². The van der Waals surface area contributed by atoms with Crippen LogP contribution in [-0.2, 0) is 4.74 Å². The molecule has 0 aromatic carbocycles. The van der Waals surface area contributed by atoms with Gasteiger partial charge in [0.05, 0.1) is 13.2 Å². The topological polar surface area (TPSA) is 41.5 Å². The molecule has 1 aliphatic rings. The minimum atomic E-state index is 0.254. The predicted octanol–water partition coefficient (Wildman–Crippen LogP) is 0.694. The Bertz CT molecular complexity index is 168. The first-order valence-corrected chi connectivity index (χ1v) is 4.93. The largest absolute Gasteiger partial charge is 0.396 e. The van der Waals surface area contributed by atoms with E-state index in [1.54, 1.807) is 0 Å². The summed E-state index contributed by atoms with van der Waals surface area (Å²) in [6, 6.07) is 0.382. The van der Waals surface area contributed by atoms with E-state index in [9.17, 15) is 0 Å². The van der Waals surface area contributed by atoms with E-state index in [1.807, 2.05) is 0 Å². The molecule has 0 amide bonds. The van der Waals surface area contributed by atoms with Crippen molar-refractivity contribution < 1.29 is 9.84 Å². The zero-order chi connectivity index (χ0) is 9.52. The lowest BCUT2D eigenvalue weighted by Crippen LogP contribution is -2.30. The smallest absolute Gasteiger partial charge is 0.0689 e. The van der Waals surface area contributed by atoms with Crippen molar-refractivity contribution in [2.24, 2.45) is 0 Å². The molecule has 0 spiro atoms. The van der Waals surface area contributed by atoms with Crippen molar-refractivity contribution >= 4 is 0 Å². The lowest BCUT2D eigenvalue weighted by atomic mass is 10.1. The Morgan fingerprint density at radius 2 is 2.54 bits per heavy atom. The van der Waals surface area contributed by atoms with E-state index >= 15 is 0 Å². The van der Waals surface area contributed by atoms with Crippen molar-refractivity contribution in [3.05, 3.63) is 11.6 Å². The van der Waals surface area contributed by atoms with Crippen LogP contribution in [0.25, 0.3) is 0 Å². The average molecular weight is 185 g/mol. The molecule has 1 heterocycles. The number of hydrogen-bond acceptors (Lipinski definition) is 3. The SMILES string of the molecule is CC(CCO)NCC1=CCCOC1. The second-order valence-electron chi connectivity index (χ2n) is 3.50. The van der Waals surface area contributed by atoms with Gasteiger partial charge in [0.15, 0.2) is 0 Å². The second kappa shape index (κ2) is 6.13. The van der Waals surface area contributed by atoms with Gasteiger partial charge < -0.3 is 15.2 Å². The van der Waals surface area contributed by atoms with Crippen LogP contribution in [-0.4, -0.2) is 37.5 Å². The Kier molecular flexibility index (Phi) is 5.05. The summed E-state index contributed by atoms with van der Waals surface area (Å²) < 4.78 is 5.32. The lowest BCUT2D eigenvalue weighted by molar-refractivity contribution is 0.148. The molecule has 1 unspecified atom stereocenters. The van der Waals surface area contributed by atoms with E-state index in [2.05, 4.69) is 18.3 Å². The van der Waals surface area contributed by atoms with Gasteiger partial charge in [0.25, 0.3) is 0 Å². The molecule has 0 aromatic rings. The fourth-order valence-electron chi connectivity index (χ4n) is 1.33. The van der Waals surface area contributed by atoms with Gasteiger partial charge in [0.2, 0.25) is 0 Å². The zero-order valence-electron chi connectivity index (χ0n) is 8.25. The minimum Gasteiger partial charge on any atom is -0.396 e. The number of rotatable bonds is 5. The van der Waals surface area contributed by atoms with Crippen LogP contribution in [0.3, 0.4) is 0 Å². The molecule has 3 heteroatoms. The van der Waals surface area contributed by atoms with Crippen molar-refractivity contribution in [1.29, 1.82) is 0 Å². The minimum absolute atomic E-state index is 0.254. The van der Waals surface area contributed by atoms with Crippen molar-refractivity contribution in [1.82, 2.24) is 5.32 Å². The summed E-state index contributed by atoms with van der Waals surface area (Å²) >= 11 is 0. The summed E-state index contributed by atoms with van der Waals surface area (Å²) in [6.45, 7) is 4.85. The normalized spacial score (nSPS) is 19.7. The first-order chi connectivity index (χ1) is 6.33. The Hall–Kier alpha value is -0.380. The summed E-state index contributed by atoms with van der Waals surface area (Å²) in [5.74, 6) is 0. The van der Waals surface area contributed by atoms with Gasteiger partial charge in [-0.2, -0.15) is 0 Å². The van der Waals surface area contributed by atoms with E-state index in [0.717, 1.165) is 32.6 Å². The van der Waals surface area contributed by atoms with Crippen LogP contribution in [0.15, 0.2) is 11.6 Å². The molecular weight excluding hydrogens is 166 g/mol. The molecule has 3 nitrogen and oxygen atoms in total. The van der Waals surface area contributed by atoms with E-state index in [1.165, 1.54) is 5.57 Å². The predicted molar refractivity (Wildman–Crippen MR) is 52.7 cm³/mol. The van der Waals surface area contributed by atoms with Crippen LogP contribution in [0.5, 0.6) is 0 Å². The van der Waals surface area contributed by atoms with Crippen LogP contribution in [0.1, 0.15) is 19.8 Å². The molecule has 0 saturated carbocycles. The summed E-state index contributed by atoms with van der Waals surface area (Å²) in [6.07, 6.45) is 4.09. The number of hydrogen-bond donors (Lipinski definition) is 2. The van der Waals surface area contributed by atoms with Gasteiger partial charge in [-0.3, -0.25) is 0 Å². The molecular formula is C10H19NO2. The number of aliphatic hydroxyl groups excluding tert-OH is 1. The summed E-state index contributed by atoms with van der Waals surface area (Å²) in [5, 5.41) is 12.0. The van der Waals surface area contributed by atoms with Gasteiger partial charge in [-0.05, 0) is 25.3 Å². The van der Waals surface area contributed by atoms with Crippen LogP contribution in [0.2, 0.25) is 0 Å². The van der Waals surface area contributed by atoms with Crippen LogP contribution in [0, 0.1) is 0 Å². The molecule has 0 saturated heterocycles. The monoisotopic (exact) mass is 185 g/mol. The molecule has 0 bridgehead atoms. The van der Waals surface area contributed by atoms with Crippen molar-refractivity contribution in [3.8, 4) is 0 Å². The van der Waals surface area contributed by atoms with Gasteiger partial charge in [-0.15, -0.1) is 0 Å². The van der Waals surface area contributed by atoms with Gasteiger partial charge in [-0.25, -0.2) is 0 Å². The van der Waals surface area contributed by atoms with Gasteiger partial charge in [0.1, 0.15) is 0 Å². The van der Waals surface area contributed by atoms with Gasteiger partial charge in [-0.1, -0.05) is 6.08 Å². The highest BCUT2D eigenvalue weighted by Crippen LogP contribution is 2.04. The lowest BCUT2D eigenvalue weighted by Gasteiger charge is -2.17. The molecule has 2 N–H and O–H groups in total. The van der Waals surface area contributed by atoms with E-state index in [4.69, 9.17) is 9.84 Å². The van der Waals surface area contributed by atoms with E-state index in [0.29, 0.717) is 6.04 Å². The van der Waals surface area contributed by atoms with Gasteiger partial charge in [0, 0.05) is 19.2 Å². The quantitative estimate of drug-likeness (QED) is 0.619. The molecule has 0 radical (unpaired) electrons. The number of ether oxygens (including phenoxy) is 1. The first-order valence-electron chi connectivity index (χ1n) is 4.93. The molecule has 13 heavy (non-hydrogen) atoms. The highest BCUT2D eigenvalue weighted by atomic mass is 16.5. The fraction of sp³-hybridized carbons (Fsp3) is 0.800. The molecule has 0 aromatic heterocycles. The first kappa shape index (κ1) is 10.7. The van der Waals surface area contributed by atoms with Crippen molar-refractivity contribution in [2.45, 2.75) is 25.8 Å². The Balaban J connectivity index is 2.13. The maximum Gasteiger partial charge on any atom is 0.0689 e. The zero-order valence-corrected chi connectivity index (χ0v) is 8.25. The fourth-order valence-corrected chi connectivity index (χ4v) is 1.33. The average Bonchev–Trinajstić information content (AvgIpc) is 2.17. The van der Waals surface area contributed by atoms with E-state index in [-0.39, 0.29) is 6.61 Å². The Morgan fingerprint density at radius 3 is 3.15 bits per heavy atom. The molecule has 1 rings (SSSR count). The van der Waals surface area contributed by atoms with Crippen LogP contribution >= 0.6 is 0 Å². The van der Waals surface area contributed by atoms with Crippen molar-refractivity contribution in [2.75, 3.05) is 26.4 Å². The highest BCUT2D eigenvalue weighted by molar-refractivity contribution is 5.06. The maximum atomic E-state index is 8.69. The molecule has 0 fully saturated rings.